The van der Waals surface area contributed by atoms with Gasteiger partial charge in [0.2, 0.25) is 5.91 Å². The molecule has 0 aromatic heterocycles. The lowest BCUT2D eigenvalue weighted by molar-refractivity contribution is -0.130. The molecule has 0 aromatic carbocycles. The smallest absolute Gasteiger partial charge is 0.224 e. The van der Waals surface area contributed by atoms with Gasteiger partial charge in [-0.05, 0) is 6.42 Å². The number of nitrogens with zero attached hydrogens (tertiary/aromatic N) is 1. The maximum Gasteiger partial charge on any atom is 0.224 e. The van der Waals surface area contributed by atoms with Crippen molar-refractivity contribution in [2.75, 3.05) is 19.6 Å². The van der Waals surface area contributed by atoms with Crippen LogP contribution in [0.4, 0.5) is 0 Å². The van der Waals surface area contributed by atoms with Crippen LogP contribution >= 0.6 is 0 Å². The largest absolute Gasteiger partial charge is 0.332 e. The van der Waals surface area contributed by atoms with Crippen molar-refractivity contribution in [2.24, 2.45) is 5.73 Å². The highest BCUT2D eigenvalue weighted by Crippen LogP contribution is 1.94. The van der Waals surface area contributed by atoms with Crippen molar-refractivity contribution < 1.29 is 4.79 Å². The summed E-state index contributed by atoms with van der Waals surface area (Å²) in [6.07, 6.45) is 6.44. The summed E-state index contributed by atoms with van der Waals surface area (Å²) >= 11 is 0. The number of carbonyl (C=O) groups is 1. The molecule has 3 heteroatoms. The summed E-state index contributed by atoms with van der Waals surface area (Å²) in [4.78, 5) is 12.9. The van der Waals surface area contributed by atoms with Gasteiger partial charge in [0, 0.05) is 19.5 Å². The van der Waals surface area contributed by atoms with E-state index in [4.69, 9.17) is 12.2 Å². The maximum atomic E-state index is 11.3. The van der Waals surface area contributed by atoms with Crippen LogP contribution in [0, 0.1) is 12.3 Å². The average Bonchev–Trinajstić information content (AvgIpc) is 2.04. The number of amides is 1. The van der Waals surface area contributed by atoms with Crippen molar-refractivity contribution in [1.82, 2.24) is 4.90 Å². The van der Waals surface area contributed by atoms with E-state index in [1.165, 1.54) is 0 Å². The Morgan fingerprint density at radius 2 is 2.33 bits per heavy atom. The summed E-state index contributed by atoms with van der Waals surface area (Å²) in [5.74, 6) is 2.51. The Morgan fingerprint density at radius 1 is 1.67 bits per heavy atom. The van der Waals surface area contributed by atoms with E-state index >= 15 is 0 Å². The van der Waals surface area contributed by atoms with Crippen LogP contribution in [0.3, 0.4) is 0 Å². The Balaban J connectivity index is 3.92. The Labute approximate surface area is 73.9 Å². The molecule has 3 nitrogen and oxygen atoms in total. The normalized spacial score (nSPS) is 9.08. The number of hydrogen-bond acceptors (Lipinski definition) is 2. The summed E-state index contributed by atoms with van der Waals surface area (Å²) in [5.41, 5.74) is 5.26. The average molecular weight is 168 g/mol. The van der Waals surface area contributed by atoms with E-state index in [0.29, 0.717) is 19.5 Å². The van der Waals surface area contributed by atoms with Crippen LogP contribution in [0.1, 0.15) is 19.8 Å². The van der Waals surface area contributed by atoms with Gasteiger partial charge < -0.3 is 10.6 Å². The topological polar surface area (TPSA) is 46.3 Å². The Bertz CT molecular complexity index is 172. The second-order valence-corrected chi connectivity index (χ2v) is 2.56. The van der Waals surface area contributed by atoms with E-state index in [-0.39, 0.29) is 5.91 Å². The van der Waals surface area contributed by atoms with Gasteiger partial charge in [0.1, 0.15) is 0 Å². The molecule has 68 valence electrons. The first-order chi connectivity index (χ1) is 5.76. The van der Waals surface area contributed by atoms with Crippen molar-refractivity contribution in [2.45, 2.75) is 19.8 Å². The standard InChI is InChI=1S/C9H16N2O/c1-3-7-11(8-4-2)9(12)5-6-10/h1H,4-8,10H2,2H3. The predicted molar refractivity (Wildman–Crippen MR) is 49.4 cm³/mol. The molecule has 0 radical (unpaired) electrons. The first-order valence-electron chi connectivity index (χ1n) is 4.17. The quantitative estimate of drug-likeness (QED) is 0.596. The van der Waals surface area contributed by atoms with E-state index in [9.17, 15) is 4.79 Å². The van der Waals surface area contributed by atoms with Crippen molar-refractivity contribution >= 4 is 5.91 Å². The van der Waals surface area contributed by atoms with E-state index in [1.807, 2.05) is 6.92 Å². The summed E-state index contributed by atoms with van der Waals surface area (Å²) in [7, 11) is 0. The Morgan fingerprint density at radius 3 is 2.75 bits per heavy atom. The van der Waals surface area contributed by atoms with E-state index in [0.717, 1.165) is 13.0 Å². The highest BCUT2D eigenvalue weighted by molar-refractivity contribution is 5.76. The van der Waals surface area contributed by atoms with Gasteiger partial charge >= 0.3 is 0 Å². The molecule has 2 N–H and O–H groups in total. The minimum Gasteiger partial charge on any atom is -0.332 e. The lowest BCUT2D eigenvalue weighted by atomic mass is 10.3. The molecule has 0 aromatic rings. The fraction of sp³-hybridized carbons (Fsp3) is 0.667. The fourth-order valence-corrected chi connectivity index (χ4v) is 0.954. The Hall–Kier alpha value is -1.01. The van der Waals surface area contributed by atoms with E-state index in [1.54, 1.807) is 4.90 Å². The van der Waals surface area contributed by atoms with Crippen LogP contribution in [0.25, 0.3) is 0 Å². The molecule has 0 saturated heterocycles. The number of rotatable bonds is 5. The number of terminal acetylenes is 1. The summed E-state index contributed by atoms with van der Waals surface area (Å²) in [5, 5.41) is 0. The molecule has 0 heterocycles. The van der Waals surface area contributed by atoms with Gasteiger partial charge in [0.15, 0.2) is 0 Å². The first kappa shape index (κ1) is 11.0. The third-order valence-electron chi connectivity index (χ3n) is 1.49. The lowest BCUT2D eigenvalue weighted by Gasteiger charge is -2.18. The highest BCUT2D eigenvalue weighted by atomic mass is 16.2. The third-order valence-corrected chi connectivity index (χ3v) is 1.49. The molecule has 0 aliphatic carbocycles. The second-order valence-electron chi connectivity index (χ2n) is 2.56. The maximum absolute atomic E-state index is 11.3. The molecule has 0 aliphatic rings. The van der Waals surface area contributed by atoms with Gasteiger partial charge in [0.05, 0.1) is 6.54 Å². The van der Waals surface area contributed by atoms with Crippen LogP contribution in [-0.2, 0) is 4.79 Å². The first-order valence-corrected chi connectivity index (χ1v) is 4.17. The van der Waals surface area contributed by atoms with Crippen molar-refractivity contribution in [3.63, 3.8) is 0 Å². The minimum absolute atomic E-state index is 0.0531. The number of nitrogens with two attached hydrogens (primary N) is 1. The molecule has 12 heavy (non-hydrogen) atoms. The fourth-order valence-electron chi connectivity index (χ4n) is 0.954. The SMILES string of the molecule is C#CCN(CCC)C(=O)CCN. The van der Waals surface area contributed by atoms with Gasteiger partial charge in [-0.15, -0.1) is 6.42 Å². The van der Waals surface area contributed by atoms with Crippen LogP contribution in [0.15, 0.2) is 0 Å². The summed E-state index contributed by atoms with van der Waals surface area (Å²) in [6, 6.07) is 0. The van der Waals surface area contributed by atoms with Crippen molar-refractivity contribution in [3.8, 4) is 12.3 Å². The zero-order valence-corrected chi connectivity index (χ0v) is 7.55. The molecule has 0 bridgehead atoms. The molecule has 0 spiro atoms. The van der Waals surface area contributed by atoms with Crippen LogP contribution in [0.2, 0.25) is 0 Å². The van der Waals surface area contributed by atoms with Gasteiger partial charge in [-0.2, -0.15) is 0 Å². The monoisotopic (exact) mass is 168 g/mol. The summed E-state index contributed by atoms with van der Waals surface area (Å²) in [6.45, 7) is 3.53. The van der Waals surface area contributed by atoms with Crippen molar-refractivity contribution in [1.29, 1.82) is 0 Å². The number of carbonyl (C=O) groups excluding carboxylic acids is 1. The molecular weight excluding hydrogens is 152 g/mol. The second kappa shape index (κ2) is 6.68. The molecule has 0 rings (SSSR count). The number of hydrogen-bond donors (Lipinski definition) is 1. The lowest BCUT2D eigenvalue weighted by Crippen LogP contribution is -2.33. The van der Waals surface area contributed by atoms with Gasteiger partial charge in [-0.25, -0.2) is 0 Å². The van der Waals surface area contributed by atoms with Crippen LogP contribution < -0.4 is 5.73 Å². The Kier molecular flexibility index (Phi) is 6.12. The molecule has 0 fully saturated rings. The summed E-state index contributed by atoms with van der Waals surface area (Å²) < 4.78 is 0. The highest BCUT2D eigenvalue weighted by Gasteiger charge is 2.08. The van der Waals surface area contributed by atoms with Crippen molar-refractivity contribution in [3.05, 3.63) is 0 Å². The molecule has 0 atom stereocenters. The van der Waals surface area contributed by atoms with Crippen LogP contribution in [-0.4, -0.2) is 30.4 Å². The van der Waals surface area contributed by atoms with E-state index in [2.05, 4.69) is 5.92 Å². The van der Waals surface area contributed by atoms with Crippen LogP contribution in [0.5, 0.6) is 0 Å². The molecule has 0 saturated carbocycles. The minimum atomic E-state index is 0.0531. The van der Waals surface area contributed by atoms with Gasteiger partial charge in [-0.1, -0.05) is 12.8 Å². The van der Waals surface area contributed by atoms with E-state index < -0.39 is 0 Å². The molecule has 0 aliphatic heterocycles. The van der Waals surface area contributed by atoms with Gasteiger partial charge in [-0.3, -0.25) is 4.79 Å². The molecular formula is C9H16N2O. The zero-order valence-electron chi connectivity index (χ0n) is 7.55. The van der Waals surface area contributed by atoms with Gasteiger partial charge in [0.25, 0.3) is 0 Å². The predicted octanol–water partition coefficient (Wildman–Crippen LogP) is 0.207. The zero-order chi connectivity index (χ0) is 9.40. The molecule has 1 amide bonds. The molecule has 0 unspecified atom stereocenters. The third kappa shape index (κ3) is 3.99.